The Morgan fingerprint density at radius 2 is 0.720 bits per heavy atom. The van der Waals surface area contributed by atoms with Gasteiger partial charge in [-0.15, -0.1) is 0 Å². The molecular weight excluding hydrogens is 2900 g/mol. The summed E-state index contributed by atoms with van der Waals surface area (Å²) in [7, 11) is 12.7. The number of amides is 10. The molecule has 10 amide bonds. The van der Waals surface area contributed by atoms with E-state index in [-0.39, 0.29) is 92.1 Å². The molecule has 1 aliphatic rings. The number of nitrogens with one attached hydrogen (secondary N) is 10. The molecular formula is C70H90I12N20O16. The highest BCUT2D eigenvalue weighted by molar-refractivity contribution is 14.1. The molecule has 2 unspecified atom stereocenters. The number of ketones is 2. The van der Waals surface area contributed by atoms with E-state index in [0.717, 1.165) is 12.8 Å². The Kier molecular flexibility index (Phi) is 52.5. The Morgan fingerprint density at radius 1 is 0.432 bits per heavy atom. The van der Waals surface area contributed by atoms with Crippen LogP contribution < -0.4 is 76.1 Å². The van der Waals surface area contributed by atoms with E-state index < -0.39 is 47.5 Å². The molecule has 0 bridgehead atoms. The number of likely N-dealkylation sites (tertiary alicyclic amines) is 1. The second-order valence-corrected chi connectivity index (χ2v) is 37.4. The molecule has 1 fully saturated rings. The van der Waals surface area contributed by atoms with Crippen LogP contribution in [0.25, 0.3) is 0 Å². The van der Waals surface area contributed by atoms with Crippen LogP contribution in [0.4, 0.5) is 22.7 Å². The van der Waals surface area contributed by atoms with Crippen molar-refractivity contribution >= 4 is 388 Å². The average molecular weight is 2990 g/mol. The predicted octanol–water partition coefficient (Wildman–Crippen LogP) is 7.29. The molecule has 1 heterocycles. The lowest BCUT2D eigenvalue weighted by molar-refractivity contribution is -0.132. The topological polar surface area (TPSA) is 544 Å². The van der Waals surface area contributed by atoms with Crippen molar-refractivity contribution in [3.05, 3.63) is 87.3 Å². The van der Waals surface area contributed by atoms with E-state index in [4.69, 9.17) is 42.6 Å². The Hall–Kier alpha value is -3.32. The minimum absolute atomic E-state index is 0.0222. The van der Waals surface area contributed by atoms with Crippen LogP contribution in [0.2, 0.25) is 0 Å². The van der Waals surface area contributed by atoms with Crippen LogP contribution in [0.3, 0.4) is 0 Å². The number of halogens is 12. The summed E-state index contributed by atoms with van der Waals surface area (Å²) in [5.41, 5.74) is 26.3. The fourth-order valence-electron chi connectivity index (χ4n) is 10.1. The SMILES string of the molecule is CNC(=O)c1c(I)c(N=C(C)OC)c(I)c(C(=O)NCC(C)=O)c1I.CNC(=O)c1c(I)c(N=C(C)OC)c(I)c(C(=O)NCC(C)=O)c1I.CNc1c(I)c(C(=O)NCCO)c(I)c(C(=O)NC(CCCN=C(N)N)C(=O)N(C)C)c1I.CNc1c(I)c(C(=O)NCCO)c(I)c(C(=O)NC(CCCN=C(N)N)C(=O)N2CCCC2)c1I. The van der Waals surface area contributed by atoms with Crippen molar-refractivity contribution in [1.82, 2.24) is 52.3 Å². The fourth-order valence-corrected chi connectivity index (χ4v) is 28.2. The first-order chi connectivity index (χ1) is 55.4. The Balaban J connectivity index is 0.000000539. The van der Waals surface area contributed by atoms with Gasteiger partial charge in [-0.1, -0.05) is 0 Å². The number of hydrogen-bond acceptors (Lipinski definition) is 22. The number of carbonyl (C=O) groups is 12. The molecule has 0 aliphatic carbocycles. The Bertz CT molecular complexity index is 4410. The average Bonchev–Trinajstić information content (AvgIpc) is 0.833. The number of benzene rings is 4. The van der Waals surface area contributed by atoms with Gasteiger partial charge in [-0.2, -0.15) is 0 Å². The number of ether oxygens (including phenoxy) is 2. The summed E-state index contributed by atoms with van der Waals surface area (Å²) >= 11 is 24.2. The van der Waals surface area contributed by atoms with Crippen molar-refractivity contribution in [2.24, 2.45) is 42.9 Å². The second kappa shape index (κ2) is 55.9. The van der Waals surface area contributed by atoms with E-state index in [1.165, 1.54) is 47.1 Å². The number of rotatable bonds is 32. The molecule has 0 saturated carbocycles. The van der Waals surface area contributed by atoms with E-state index in [1.54, 1.807) is 46.9 Å². The minimum atomic E-state index is -0.794. The maximum absolute atomic E-state index is 13.6. The standard InChI is InChI=1S/C21H30I3N7O4.C19H28I3N7O4.2C15H16I3N3O4/c1-27-17-15(23)12(18(33)28-7-10-32)14(22)13(16(17)24)19(34)30-11(5-4-6-29-21(25)26)20(35)31-8-2-3-9-31;1-25-15-13(21)10(16(31)26-7-8-30)12(20)11(14(15)22)17(32)28-9(18(33)29(2)3)5-4-6-27-19(23)24;2*1-6(22)5-20-15(24)9-10(16)8(14(23)19-3)11(17)13(12(9)18)21-7(2)25-4/h11,27,32H,2-10H2,1H3,(H,28,33)(H,30,34)(H4,25,26,29);9,25,30H,4-8H2,1-3H3,(H,26,31)(H,28,32)(H4,23,24,27);2*5H2,1-4H3,(H,19,23)(H,20,24). The van der Waals surface area contributed by atoms with E-state index in [9.17, 15) is 57.5 Å². The number of nitrogens with two attached hydrogens (primary N) is 4. The number of nitrogens with zero attached hydrogens (tertiary/aromatic N) is 6. The third-order valence-electron chi connectivity index (χ3n) is 15.9. The molecule has 20 N–H and O–H groups in total. The normalized spacial score (nSPS) is 12.0. The molecule has 0 radical (unpaired) electrons. The summed E-state index contributed by atoms with van der Waals surface area (Å²) in [5.74, 6) is -3.21. The molecule has 4 aromatic carbocycles. The highest BCUT2D eigenvalue weighted by atomic mass is 127. The zero-order valence-corrected chi connectivity index (χ0v) is 91.5. The predicted molar refractivity (Wildman–Crippen MR) is 556 cm³/mol. The number of Topliss-reactive ketones (excluding diaryl/α,β-unsaturated/α-hetero) is 2. The second-order valence-electron chi connectivity index (χ2n) is 24.5. The molecule has 2 atom stereocenters. The number of likely N-dealkylation sites (N-methyl/N-ethyl adjacent to an activating group) is 1. The number of carbonyl (C=O) groups excluding carboxylic acids is 12. The van der Waals surface area contributed by atoms with E-state index in [2.05, 4.69) is 164 Å². The maximum atomic E-state index is 13.6. The molecule has 118 heavy (non-hydrogen) atoms. The van der Waals surface area contributed by atoms with Gasteiger partial charge in [0.15, 0.2) is 23.7 Å². The number of guanidine groups is 2. The van der Waals surface area contributed by atoms with E-state index >= 15 is 0 Å². The summed E-state index contributed by atoms with van der Waals surface area (Å²) in [6, 6.07) is -1.54. The van der Waals surface area contributed by atoms with Crippen LogP contribution >= 0.6 is 271 Å². The lowest BCUT2D eigenvalue weighted by Gasteiger charge is -2.25. The first-order valence-electron chi connectivity index (χ1n) is 34.8. The maximum Gasteiger partial charge on any atom is 0.254 e. The van der Waals surface area contributed by atoms with Gasteiger partial charge in [-0.05, 0) is 323 Å². The van der Waals surface area contributed by atoms with Crippen molar-refractivity contribution in [2.45, 2.75) is 78.3 Å². The number of hydrogen-bond donors (Lipinski definition) is 16. The van der Waals surface area contributed by atoms with Crippen LogP contribution in [-0.4, -0.2) is 249 Å². The third-order valence-corrected chi connectivity index (χ3v) is 28.7. The zero-order chi connectivity index (χ0) is 90.0. The first kappa shape index (κ1) is 111. The van der Waals surface area contributed by atoms with Gasteiger partial charge in [-0.3, -0.25) is 67.5 Å². The molecule has 0 spiro atoms. The highest BCUT2D eigenvalue weighted by Crippen LogP contribution is 2.41. The molecule has 1 saturated heterocycles. The van der Waals surface area contributed by atoms with Crippen LogP contribution in [0, 0.1) is 42.8 Å². The molecule has 36 nitrogen and oxygen atoms in total. The molecule has 0 aromatic heterocycles. The number of anilines is 2. The van der Waals surface area contributed by atoms with Gasteiger partial charge in [-0.25, -0.2) is 9.98 Å². The van der Waals surface area contributed by atoms with Crippen molar-refractivity contribution in [1.29, 1.82) is 0 Å². The van der Waals surface area contributed by atoms with Crippen molar-refractivity contribution < 1.29 is 77.2 Å². The van der Waals surface area contributed by atoms with Crippen molar-refractivity contribution in [3.8, 4) is 0 Å². The quantitative estimate of drug-likeness (QED) is 0.00987. The molecule has 48 heteroatoms. The summed E-state index contributed by atoms with van der Waals surface area (Å²) in [5, 5.41) is 45.5. The van der Waals surface area contributed by atoms with Crippen LogP contribution in [-0.2, 0) is 28.7 Å². The third kappa shape index (κ3) is 32.6. The van der Waals surface area contributed by atoms with Gasteiger partial charge < -0.3 is 106 Å². The van der Waals surface area contributed by atoms with Gasteiger partial charge in [0.2, 0.25) is 11.8 Å². The summed E-state index contributed by atoms with van der Waals surface area (Å²) < 4.78 is 17.1. The lowest BCUT2D eigenvalue weighted by atomic mass is 10.1. The highest BCUT2D eigenvalue weighted by Gasteiger charge is 2.36. The van der Waals surface area contributed by atoms with Gasteiger partial charge in [0.1, 0.15) is 23.7 Å². The Labute approximate surface area is 846 Å². The first-order valence-corrected chi connectivity index (χ1v) is 47.7. The molecule has 4 aromatic rings. The number of aliphatic imine (C=N–C) groups is 4. The molecule has 1 aliphatic heterocycles. The van der Waals surface area contributed by atoms with Crippen LogP contribution in [0.5, 0.6) is 0 Å². The van der Waals surface area contributed by atoms with Gasteiger partial charge in [0.25, 0.3) is 47.3 Å². The van der Waals surface area contributed by atoms with Gasteiger partial charge in [0, 0.05) is 110 Å². The number of aliphatic hydroxyl groups is 2. The summed E-state index contributed by atoms with van der Waals surface area (Å²) in [6.07, 6.45) is 3.58. The Morgan fingerprint density at radius 3 is 1.00 bits per heavy atom. The zero-order valence-electron chi connectivity index (χ0n) is 65.6. The van der Waals surface area contributed by atoms with Crippen LogP contribution in [0.15, 0.2) is 20.0 Å². The molecule has 5 rings (SSSR count). The van der Waals surface area contributed by atoms with Crippen molar-refractivity contribution in [3.63, 3.8) is 0 Å². The van der Waals surface area contributed by atoms with Gasteiger partial charge >= 0.3 is 0 Å². The number of methoxy groups -OCH3 is 2. The van der Waals surface area contributed by atoms with Crippen LogP contribution in [0.1, 0.15) is 149 Å². The largest absolute Gasteiger partial charge is 0.484 e. The summed E-state index contributed by atoms with van der Waals surface area (Å²) in [6.45, 7) is 7.75. The smallest absolute Gasteiger partial charge is 0.254 e. The minimum Gasteiger partial charge on any atom is -0.484 e. The number of aliphatic hydroxyl groups excluding tert-OH is 2. The van der Waals surface area contributed by atoms with E-state index in [1.807, 2.05) is 181 Å². The fraction of sp³-hybridized carbons (Fsp3) is 0.429. The monoisotopic (exact) mass is 2990 g/mol. The lowest BCUT2D eigenvalue weighted by Crippen LogP contribution is -2.48. The van der Waals surface area contributed by atoms with E-state index in [0.29, 0.717) is 168 Å². The molecule has 650 valence electrons. The summed E-state index contributed by atoms with van der Waals surface area (Å²) in [4.78, 5) is 170. The van der Waals surface area contributed by atoms with Crippen molar-refractivity contribution in [2.75, 3.05) is 133 Å². The van der Waals surface area contributed by atoms with Gasteiger partial charge in [0.05, 0.1) is 136 Å².